The second-order valence-electron chi connectivity index (χ2n) is 4.83. The van der Waals surface area contributed by atoms with Gasteiger partial charge < -0.3 is 20.7 Å². The van der Waals surface area contributed by atoms with Gasteiger partial charge in [0.25, 0.3) is 5.56 Å². The fourth-order valence-corrected chi connectivity index (χ4v) is 2.27. The van der Waals surface area contributed by atoms with E-state index in [0.29, 0.717) is 0 Å². The minimum Gasteiger partial charge on any atom is -0.391 e. The summed E-state index contributed by atoms with van der Waals surface area (Å²) < 4.78 is 6.25. The number of aliphatic hydroxyl groups is 2. The van der Waals surface area contributed by atoms with Crippen LogP contribution in [0.2, 0.25) is 0 Å². The van der Waals surface area contributed by atoms with Crippen molar-refractivity contribution >= 4 is 0 Å². The number of hydrogen-bond acceptors (Lipinski definition) is 7. The van der Waals surface area contributed by atoms with Gasteiger partial charge in [-0.3, -0.25) is 9.78 Å². The molecule has 5 N–H and O–H groups in total. The van der Waals surface area contributed by atoms with E-state index in [1.807, 2.05) is 4.98 Å². The van der Waals surface area contributed by atoms with E-state index in [4.69, 9.17) is 10.5 Å². The van der Waals surface area contributed by atoms with E-state index in [0.717, 1.165) is 10.9 Å². The molecular weight excluding hydrogens is 280 g/mol. The van der Waals surface area contributed by atoms with Gasteiger partial charge >= 0.3 is 5.69 Å². The minimum absolute atomic E-state index is 0.675. The molecule has 2 rings (SSSR count). The van der Waals surface area contributed by atoms with Crippen LogP contribution in [0.1, 0.15) is 20.1 Å². The molecule has 0 saturated carbocycles. The van der Waals surface area contributed by atoms with Crippen LogP contribution in [-0.2, 0) is 4.74 Å². The summed E-state index contributed by atoms with van der Waals surface area (Å²) in [7, 11) is 0. The number of nitrogens with two attached hydrogens (primary N) is 1. The largest absolute Gasteiger partial charge is 0.391 e. The van der Waals surface area contributed by atoms with E-state index < -0.39 is 41.3 Å². The summed E-state index contributed by atoms with van der Waals surface area (Å²) >= 11 is 0. The van der Waals surface area contributed by atoms with Gasteiger partial charge in [-0.2, -0.15) is 9.78 Å². The van der Waals surface area contributed by atoms with Gasteiger partial charge in [0, 0.05) is 0 Å². The summed E-state index contributed by atoms with van der Waals surface area (Å²) in [5, 5.41) is 23.6. The Morgan fingerprint density at radius 1 is 1.62 bits per heavy atom. The fraction of sp³-hybridized carbons (Fsp3) is 0.583. The van der Waals surface area contributed by atoms with Gasteiger partial charge in [0.2, 0.25) is 0 Å². The molecule has 21 heavy (non-hydrogen) atoms. The second kappa shape index (κ2) is 5.42. The standard InChI is InChI=1S/C12H16N4O5/c1-3-4-12(13)9(19)8(6(2)17)21-10(12)16-11(20)15-7(18)5-14-16/h5-6,8-10,17,19H,13H2,1-2H3,(H,15,18,20)/t6-,8-,9?,10-,12-/m1/s1. The van der Waals surface area contributed by atoms with Crippen LogP contribution in [0.15, 0.2) is 15.8 Å². The maximum atomic E-state index is 11.8. The zero-order chi connectivity index (χ0) is 15.8. The summed E-state index contributed by atoms with van der Waals surface area (Å²) in [5.74, 6) is 5.15. The lowest BCUT2D eigenvalue weighted by Crippen LogP contribution is -2.56. The molecule has 9 heteroatoms. The third kappa shape index (κ3) is 2.50. The van der Waals surface area contributed by atoms with Crippen molar-refractivity contribution in [3.63, 3.8) is 0 Å². The monoisotopic (exact) mass is 296 g/mol. The molecule has 0 radical (unpaired) electrons. The van der Waals surface area contributed by atoms with Gasteiger partial charge in [0.05, 0.1) is 6.10 Å². The second-order valence-corrected chi connectivity index (χ2v) is 4.83. The lowest BCUT2D eigenvalue weighted by molar-refractivity contribution is -0.0817. The van der Waals surface area contributed by atoms with E-state index in [-0.39, 0.29) is 0 Å². The first-order valence-corrected chi connectivity index (χ1v) is 6.23. The highest BCUT2D eigenvalue weighted by atomic mass is 16.6. The van der Waals surface area contributed by atoms with Crippen LogP contribution in [-0.4, -0.2) is 48.8 Å². The first-order chi connectivity index (χ1) is 9.81. The van der Waals surface area contributed by atoms with E-state index in [2.05, 4.69) is 16.9 Å². The van der Waals surface area contributed by atoms with Gasteiger partial charge in [-0.15, -0.1) is 5.92 Å². The molecule has 1 aliphatic heterocycles. The maximum Gasteiger partial charge on any atom is 0.347 e. The molecule has 1 aromatic rings. The minimum atomic E-state index is -1.65. The molecule has 1 aliphatic rings. The van der Waals surface area contributed by atoms with Crippen molar-refractivity contribution in [3.05, 3.63) is 27.0 Å². The Morgan fingerprint density at radius 3 is 2.81 bits per heavy atom. The molecule has 1 saturated heterocycles. The number of aliphatic hydroxyl groups excluding tert-OH is 2. The molecule has 0 aliphatic carbocycles. The highest BCUT2D eigenvalue weighted by Gasteiger charge is 2.56. The molecule has 114 valence electrons. The molecule has 0 amide bonds. The molecule has 0 aromatic carbocycles. The van der Waals surface area contributed by atoms with Crippen LogP contribution in [0.4, 0.5) is 0 Å². The van der Waals surface area contributed by atoms with Crippen LogP contribution in [0, 0.1) is 11.8 Å². The summed E-state index contributed by atoms with van der Waals surface area (Å²) in [6.45, 7) is 2.93. The zero-order valence-corrected chi connectivity index (χ0v) is 11.5. The van der Waals surface area contributed by atoms with Crippen LogP contribution in [0.25, 0.3) is 0 Å². The number of nitrogens with zero attached hydrogens (tertiary/aromatic N) is 2. The van der Waals surface area contributed by atoms with E-state index in [1.165, 1.54) is 13.8 Å². The highest BCUT2D eigenvalue weighted by Crippen LogP contribution is 2.36. The predicted octanol–water partition coefficient (Wildman–Crippen LogP) is -2.71. The number of aromatic amines is 1. The predicted molar refractivity (Wildman–Crippen MR) is 71.1 cm³/mol. The summed E-state index contributed by atoms with van der Waals surface area (Å²) in [4.78, 5) is 24.9. The quantitative estimate of drug-likeness (QED) is 0.434. The molecule has 1 unspecified atom stereocenters. The smallest absolute Gasteiger partial charge is 0.347 e. The number of H-pyrrole nitrogens is 1. The van der Waals surface area contributed by atoms with E-state index in [1.54, 1.807) is 0 Å². The number of hydrogen-bond donors (Lipinski definition) is 4. The maximum absolute atomic E-state index is 11.8. The van der Waals surface area contributed by atoms with Crippen molar-refractivity contribution in [2.45, 2.75) is 43.9 Å². The van der Waals surface area contributed by atoms with E-state index >= 15 is 0 Å². The molecule has 5 atom stereocenters. The molecule has 2 heterocycles. The first kappa shape index (κ1) is 15.4. The van der Waals surface area contributed by atoms with Crippen molar-refractivity contribution < 1.29 is 14.9 Å². The van der Waals surface area contributed by atoms with Gasteiger partial charge in [0.1, 0.15) is 18.4 Å². The van der Waals surface area contributed by atoms with Gasteiger partial charge in [0.15, 0.2) is 11.8 Å². The number of aromatic nitrogens is 3. The van der Waals surface area contributed by atoms with Crippen molar-refractivity contribution in [1.82, 2.24) is 14.8 Å². The Bertz CT molecular complexity index is 700. The normalized spacial score (nSPS) is 33.3. The van der Waals surface area contributed by atoms with Crippen LogP contribution in [0.5, 0.6) is 0 Å². The summed E-state index contributed by atoms with van der Waals surface area (Å²) in [6, 6.07) is 0. The molecule has 0 bridgehead atoms. The SMILES string of the molecule is CC#C[C@@]1(N)C(O)[C@@H]([C@@H](C)O)O[C@H]1n1ncc(=O)[nH]c1=O. The lowest BCUT2D eigenvalue weighted by atomic mass is 9.90. The van der Waals surface area contributed by atoms with Gasteiger partial charge in [-0.1, -0.05) is 5.92 Å². The third-order valence-electron chi connectivity index (χ3n) is 3.27. The fourth-order valence-electron chi connectivity index (χ4n) is 2.27. The molecule has 1 fully saturated rings. The number of rotatable bonds is 2. The van der Waals surface area contributed by atoms with Crippen LogP contribution >= 0.6 is 0 Å². The molecule has 9 nitrogen and oxygen atoms in total. The topological polar surface area (TPSA) is 143 Å². The average molecular weight is 296 g/mol. The van der Waals surface area contributed by atoms with Crippen LogP contribution in [0.3, 0.4) is 0 Å². The Morgan fingerprint density at radius 2 is 2.29 bits per heavy atom. The van der Waals surface area contributed by atoms with Gasteiger partial charge in [-0.25, -0.2) is 4.79 Å². The van der Waals surface area contributed by atoms with Crippen molar-refractivity contribution in [1.29, 1.82) is 0 Å². The van der Waals surface area contributed by atoms with Crippen molar-refractivity contribution in [2.24, 2.45) is 5.73 Å². The Kier molecular flexibility index (Phi) is 3.97. The Hall–Kier alpha value is -1.99. The first-order valence-electron chi connectivity index (χ1n) is 6.23. The van der Waals surface area contributed by atoms with E-state index in [9.17, 15) is 19.8 Å². The highest BCUT2D eigenvalue weighted by molar-refractivity contribution is 5.25. The number of ether oxygens (including phenoxy) is 1. The van der Waals surface area contributed by atoms with Crippen molar-refractivity contribution in [3.8, 4) is 11.8 Å². The molecule has 1 aromatic heterocycles. The van der Waals surface area contributed by atoms with Gasteiger partial charge in [-0.05, 0) is 13.8 Å². The van der Waals surface area contributed by atoms with Crippen LogP contribution < -0.4 is 17.0 Å². The summed E-state index contributed by atoms with van der Waals surface area (Å²) in [5.41, 5.74) is 2.90. The Balaban J connectivity index is 2.56. The average Bonchev–Trinajstić information content (AvgIpc) is 2.64. The lowest BCUT2D eigenvalue weighted by Gasteiger charge is -2.27. The summed E-state index contributed by atoms with van der Waals surface area (Å²) in [6.07, 6.45) is -3.78. The van der Waals surface area contributed by atoms with Crippen molar-refractivity contribution in [2.75, 3.05) is 0 Å². The Labute approximate surface area is 119 Å². The molecular formula is C12H16N4O5. The zero-order valence-electron chi connectivity index (χ0n) is 11.5. The number of nitrogens with one attached hydrogen (secondary N) is 1. The molecule has 0 spiro atoms. The third-order valence-corrected chi connectivity index (χ3v) is 3.27.